The van der Waals surface area contributed by atoms with Gasteiger partial charge in [-0.1, -0.05) is 13.8 Å². The highest BCUT2D eigenvalue weighted by Crippen LogP contribution is 2.10. The molecule has 4 heteroatoms. The maximum Gasteiger partial charge on any atom is 0.0959 e. The minimum Gasteiger partial charge on any atom is -0.234 e. The van der Waals surface area contributed by atoms with Gasteiger partial charge in [0.1, 0.15) is 0 Å². The molecule has 2 nitrogen and oxygen atoms in total. The first kappa shape index (κ1) is 8.62. The fraction of sp³-hybridized carbons (Fsp3) is 1.00. The van der Waals surface area contributed by atoms with Gasteiger partial charge in [0.05, 0.1) is 12.2 Å². The first-order valence-electron chi connectivity index (χ1n) is 2.58. The van der Waals surface area contributed by atoms with Crippen LogP contribution in [0.25, 0.3) is 0 Å². The van der Waals surface area contributed by atoms with Crippen LogP contribution in [-0.4, -0.2) is 17.4 Å². The number of hydrogen-bond acceptors (Lipinski definition) is 4. The van der Waals surface area contributed by atoms with Crippen molar-refractivity contribution >= 4 is 25.1 Å². The van der Waals surface area contributed by atoms with Crippen molar-refractivity contribution in [3.05, 3.63) is 0 Å². The Kier molecular flexibility index (Phi) is 6.20. The minimum absolute atomic E-state index is 0.988. The van der Waals surface area contributed by atoms with E-state index in [0.29, 0.717) is 0 Å². The van der Waals surface area contributed by atoms with Crippen molar-refractivity contribution in [3.63, 3.8) is 0 Å². The standard InChI is InChI=1S/C4H11NOS2/c1-3-5(4-2)8-6-7/h7H,3-4H2,1-2H3. The zero-order valence-corrected chi connectivity index (χ0v) is 6.84. The van der Waals surface area contributed by atoms with Crippen LogP contribution >= 0.6 is 25.1 Å². The lowest BCUT2D eigenvalue weighted by Gasteiger charge is -2.11. The first-order chi connectivity index (χ1) is 3.85. The molecule has 0 rings (SSSR count). The van der Waals surface area contributed by atoms with Crippen LogP contribution < -0.4 is 0 Å². The molecule has 0 radical (unpaired) electrons. The van der Waals surface area contributed by atoms with E-state index in [1.165, 1.54) is 12.2 Å². The Morgan fingerprint density at radius 2 is 2.00 bits per heavy atom. The molecular formula is C4H11NOS2. The van der Waals surface area contributed by atoms with E-state index in [0.717, 1.165) is 13.1 Å². The van der Waals surface area contributed by atoms with Gasteiger partial charge in [-0.05, 0) is 12.9 Å². The third kappa shape index (κ3) is 3.60. The summed E-state index contributed by atoms with van der Waals surface area (Å²) < 4.78 is 6.57. The predicted molar refractivity (Wildman–Crippen MR) is 40.6 cm³/mol. The number of thiol groups is 1. The number of rotatable bonds is 4. The molecule has 0 aromatic carbocycles. The molecule has 0 spiro atoms. The summed E-state index contributed by atoms with van der Waals surface area (Å²) in [5.74, 6) is 0. The van der Waals surface area contributed by atoms with Crippen LogP contribution in [0, 0.1) is 0 Å². The van der Waals surface area contributed by atoms with Crippen molar-refractivity contribution in [2.75, 3.05) is 13.1 Å². The molecule has 0 aliphatic carbocycles. The zero-order chi connectivity index (χ0) is 6.41. The molecule has 0 saturated heterocycles. The Labute approximate surface area is 60.5 Å². The fourth-order valence-electron chi connectivity index (χ4n) is 0.376. The Balaban J connectivity index is 3.07. The van der Waals surface area contributed by atoms with Gasteiger partial charge in [-0.3, -0.25) is 0 Å². The van der Waals surface area contributed by atoms with E-state index in [1.807, 2.05) is 4.31 Å². The Hall–Kier alpha value is 0.620. The van der Waals surface area contributed by atoms with E-state index in [9.17, 15) is 0 Å². The molecular weight excluding hydrogens is 142 g/mol. The van der Waals surface area contributed by atoms with Crippen LogP contribution in [0.2, 0.25) is 0 Å². The SMILES string of the molecule is CCN(CC)SOS. The van der Waals surface area contributed by atoms with Crippen LogP contribution in [0.4, 0.5) is 0 Å². The number of hydrogen-bond donors (Lipinski definition) is 1. The topological polar surface area (TPSA) is 12.5 Å². The third-order valence-electron chi connectivity index (χ3n) is 0.844. The molecule has 0 heterocycles. The van der Waals surface area contributed by atoms with Crippen LogP contribution in [0.1, 0.15) is 13.8 Å². The highest BCUT2D eigenvalue weighted by molar-refractivity contribution is 7.99. The summed E-state index contributed by atoms with van der Waals surface area (Å²) in [5.41, 5.74) is 0. The average Bonchev–Trinajstić information content (AvgIpc) is 1.83. The van der Waals surface area contributed by atoms with Crippen molar-refractivity contribution in [1.82, 2.24) is 4.31 Å². The van der Waals surface area contributed by atoms with Crippen LogP contribution in [0.3, 0.4) is 0 Å². The molecule has 50 valence electrons. The van der Waals surface area contributed by atoms with Crippen LogP contribution in [-0.2, 0) is 3.63 Å². The Morgan fingerprint density at radius 1 is 1.50 bits per heavy atom. The molecule has 0 aliphatic heterocycles. The molecule has 0 saturated carbocycles. The van der Waals surface area contributed by atoms with Gasteiger partial charge in [0.15, 0.2) is 0 Å². The zero-order valence-electron chi connectivity index (χ0n) is 5.13. The highest BCUT2D eigenvalue weighted by atomic mass is 32.2. The molecule has 0 unspecified atom stereocenters. The van der Waals surface area contributed by atoms with Crippen molar-refractivity contribution in [2.24, 2.45) is 0 Å². The number of nitrogens with zero attached hydrogens (tertiary/aromatic N) is 1. The molecule has 0 atom stereocenters. The normalized spacial score (nSPS) is 10.5. The summed E-state index contributed by atoms with van der Waals surface area (Å²) in [5, 5.41) is 0. The van der Waals surface area contributed by atoms with E-state index < -0.39 is 0 Å². The minimum atomic E-state index is 0.988. The van der Waals surface area contributed by atoms with Crippen molar-refractivity contribution in [3.8, 4) is 0 Å². The molecule has 0 aromatic rings. The van der Waals surface area contributed by atoms with Gasteiger partial charge in [0.25, 0.3) is 0 Å². The summed E-state index contributed by atoms with van der Waals surface area (Å²) in [7, 11) is 0. The lowest BCUT2D eigenvalue weighted by Crippen LogP contribution is -2.12. The lowest BCUT2D eigenvalue weighted by atomic mass is 10.7. The average molecular weight is 153 g/mol. The maximum absolute atomic E-state index is 4.52. The van der Waals surface area contributed by atoms with Crippen molar-refractivity contribution in [2.45, 2.75) is 13.8 Å². The second kappa shape index (κ2) is 5.75. The summed E-state index contributed by atoms with van der Waals surface area (Å²) in [4.78, 5) is 0. The van der Waals surface area contributed by atoms with Crippen molar-refractivity contribution in [1.29, 1.82) is 0 Å². The maximum atomic E-state index is 4.52. The monoisotopic (exact) mass is 153 g/mol. The van der Waals surface area contributed by atoms with E-state index in [-0.39, 0.29) is 0 Å². The van der Waals surface area contributed by atoms with E-state index in [1.54, 1.807) is 0 Å². The molecule has 0 aromatic heterocycles. The fourth-order valence-corrected chi connectivity index (χ4v) is 0.964. The van der Waals surface area contributed by atoms with Gasteiger partial charge in [-0.2, -0.15) is 0 Å². The Morgan fingerprint density at radius 3 is 2.12 bits per heavy atom. The smallest absolute Gasteiger partial charge is 0.0959 e. The van der Waals surface area contributed by atoms with Gasteiger partial charge in [0, 0.05) is 13.1 Å². The van der Waals surface area contributed by atoms with Crippen molar-refractivity contribution < 1.29 is 3.63 Å². The molecule has 0 amide bonds. The Bertz CT molecular complexity index is 49.3. The predicted octanol–water partition coefficient (Wildman–Crippen LogP) is 1.75. The van der Waals surface area contributed by atoms with Crippen LogP contribution in [0.5, 0.6) is 0 Å². The molecule has 0 fully saturated rings. The molecule has 0 N–H and O–H groups in total. The largest absolute Gasteiger partial charge is 0.234 e. The van der Waals surface area contributed by atoms with Gasteiger partial charge >= 0.3 is 0 Å². The second-order valence-corrected chi connectivity index (χ2v) is 2.53. The van der Waals surface area contributed by atoms with E-state index in [4.69, 9.17) is 0 Å². The van der Waals surface area contributed by atoms with Gasteiger partial charge in [-0.15, -0.1) is 0 Å². The third-order valence-corrected chi connectivity index (χ3v) is 1.84. The van der Waals surface area contributed by atoms with Gasteiger partial charge < -0.3 is 0 Å². The van der Waals surface area contributed by atoms with Gasteiger partial charge in [0.2, 0.25) is 0 Å². The first-order valence-corrected chi connectivity index (χ1v) is 3.64. The second-order valence-electron chi connectivity index (χ2n) is 1.26. The molecule has 0 bridgehead atoms. The molecule has 8 heavy (non-hydrogen) atoms. The lowest BCUT2D eigenvalue weighted by molar-refractivity contribution is 0.497. The quantitative estimate of drug-likeness (QED) is 0.375. The van der Waals surface area contributed by atoms with Crippen LogP contribution in [0.15, 0.2) is 0 Å². The van der Waals surface area contributed by atoms with E-state index >= 15 is 0 Å². The van der Waals surface area contributed by atoms with Gasteiger partial charge in [-0.25, -0.2) is 7.93 Å². The summed E-state index contributed by atoms with van der Waals surface area (Å²) in [6, 6.07) is 0. The highest BCUT2D eigenvalue weighted by Gasteiger charge is 1.96. The summed E-state index contributed by atoms with van der Waals surface area (Å²) in [6.07, 6.45) is 0. The molecule has 0 aliphatic rings. The summed E-state index contributed by atoms with van der Waals surface area (Å²) >= 11 is 4.86. The van der Waals surface area contributed by atoms with E-state index in [2.05, 4.69) is 30.4 Å². The summed E-state index contributed by atoms with van der Waals surface area (Å²) in [6.45, 7) is 6.12.